The fourth-order valence-electron chi connectivity index (χ4n) is 0.162. The summed E-state index contributed by atoms with van der Waals surface area (Å²) >= 11 is 0. The Morgan fingerprint density at radius 1 is 1.83 bits per heavy atom. The predicted molar refractivity (Wildman–Crippen MR) is 21.9 cm³/mol. The average molecular weight is 91.1 g/mol. The van der Waals surface area contributed by atoms with Crippen molar-refractivity contribution in [3.05, 3.63) is 6.61 Å². The normalized spacial score (nSPS) is 9.00. The van der Waals surface area contributed by atoms with E-state index >= 15 is 0 Å². The van der Waals surface area contributed by atoms with Gasteiger partial charge in [-0.05, 0) is 0 Å². The van der Waals surface area contributed by atoms with Gasteiger partial charge in [0.15, 0.2) is 0 Å². The lowest BCUT2D eigenvalue weighted by molar-refractivity contribution is 0.254. The van der Waals surface area contributed by atoms with E-state index in [1.54, 1.807) is 0 Å². The summed E-state index contributed by atoms with van der Waals surface area (Å²) in [6.07, 6.45) is 0.399. The molecule has 0 fully saturated rings. The Labute approximate surface area is 37.1 Å². The third-order valence-electron chi connectivity index (χ3n) is 0.394. The molecular weight excluding hydrogens is 83.0 g/mol. The summed E-state index contributed by atoms with van der Waals surface area (Å²) in [7, 11) is 1.51. The second kappa shape index (κ2) is 4.89. The Morgan fingerprint density at radius 2 is 2.50 bits per heavy atom. The Bertz CT molecular complexity index is 19.5. The summed E-state index contributed by atoms with van der Waals surface area (Å²) < 4.78 is 15.5. The van der Waals surface area contributed by atoms with E-state index in [1.165, 1.54) is 13.7 Å². The van der Waals surface area contributed by atoms with Gasteiger partial charge in [0.1, 0.15) is 0 Å². The first-order chi connectivity index (χ1) is 2.91. The van der Waals surface area contributed by atoms with Gasteiger partial charge >= 0.3 is 0 Å². The first kappa shape index (κ1) is 5.89. The van der Waals surface area contributed by atoms with Crippen LogP contribution in [0.2, 0.25) is 0 Å². The molecule has 0 aliphatic heterocycles. The average Bonchev–Trinajstić information content (AvgIpc) is 1.61. The van der Waals surface area contributed by atoms with Gasteiger partial charge in [-0.25, -0.2) is 0 Å². The standard InChI is InChI=1S/C4H8FO/c1-6-4-2-3-5/h4H,2-3H2,1H3. The Kier molecular flexibility index (Phi) is 4.80. The second-order valence-corrected chi connectivity index (χ2v) is 0.880. The van der Waals surface area contributed by atoms with E-state index in [9.17, 15) is 4.39 Å². The molecule has 0 rings (SSSR count). The van der Waals surface area contributed by atoms with Crippen molar-refractivity contribution in [1.29, 1.82) is 0 Å². The van der Waals surface area contributed by atoms with Gasteiger partial charge < -0.3 is 4.74 Å². The number of halogens is 1. The molecule has 0 heterocycles. The van der Waals surface area contributed by atoms with Gasteiger partial charge in [0.05, 0.1) is 13.3 Å². The molecule has 0 aromatic heterocycles. The molecule has 0 N–H and O–H groups in total. The second-order valence-electron chi connectivity index (χ2n) is 0.880. The summed E-state index contributed by atoms with van der Waals surface area (Å²) in [5, 5.41) is 0. The van der Waals surface area contributed by atoms with Gasteiger partial charge in [-0.2, -0.15) is 0 Å². The van der Waals surface area contributed by atoms with Crippen molar-refractivity contribution in [3.8, 4) is 0 Å². The van der Waals surface area contributed by atoms with Crippen LogP contribution in [0, 0.1) is 6.61 Å². The number of hydrogen-bond acceptors (Lipinski definition) is 1. The molecule has 1 nitrogen and oxygen atoms in total. The zero-order chi connectivity index (χ0) is 4.83. The first-order valence-corrected chi connectivity index (χ1v) is 1.82. The molecule has 2 heteroatoms. The van der Waals surface area contributed by atoms with E-state index in [0.717, 1.165) is 0 Å². The topological polar surface area (TPSA) is 9.23 Å². The van der Waals surface area contributed by atoms with Crippen molar-refractivity contribution in [2.24, 2.45) is 0 Å². The Hall–Kier alpha value is -0.110. The maximum absolute atomic E-state index is 11.1. The van der Waals surface area contributed by atoms with Crippen LogP contribution in [0.1, 0.15) is 6.42 Å². The van der Waals surface area contributed by atoms with Crippen LogP contribution < -0.4 is 0 Å². The van der Waals surface area contributed by atoms with E-state index < -0.39 is 0 Å². The molecule has 0 bridgehead atoms. The van der Waals surface area contributed by atoms with Crippen molar-refractivity contribution < 1.29 is 9.13 Å². The third kappa shape index (κ3) is 3.89. The zero-order valence-electron chi connectivity index (χ0n) is 3.78. The van der Waals surface area contributed by atoms with Crippen molar-refractivity contribution in [2.75, 3.05) is 13.8 Å². The molecular formula is C4H8FO. The number of rotatable bonds is 3. The lowest BCUT2D eigenvalue weighted by Crippen LogP contribution is -1.79. The smallest absolute Gasteiger partial charge is 0.0920 e. The Balaban J connectivity index is 2.34. The van der Waals surface area contributed by atoms with E-state index in [1.807, 2.05) is 0 Å². The number of ether oxygens (including phenoxy) is 1. The van der Waals surface area contributed by atoms with Gasteiger partial charge in [0.25, 0.3) is 0 Å². The van der Waals surface area contributed by atoms with E-state index in [4.69, 9.17) is 0 Å². The van der Waals surface area contributed by atoms with Crippen molar-refractivity contribution in [3.63, 3.8) is 0 Å². The molecule has 6 heavy (non-hydrogen) atoms. The van der Waals surface area contributed by atoms with Crippen LogP contribution in [0.4, 0.5) is 4.39 Å². The minimum atomic E-state index is -0.326. The number of alkyl halides is 1. The molecule has 1 radical (unpaired) electrons. The lowest BCUT2D eigenvalue weighted by Gasteiger charge is -1.86. The van der Waals surface area contributed by atoms with Crippen molar-refractivity contribution in [2.45, 2.75) is 6.42 Å². The molecule has 0 saturated carbocycles. The largest absolute Gasteiger partial charge is 0.379 e. The van der Waals surface area contributed by atoms with Crippen LogP contribution in [0.15, 0.2) is 0 Å². The predicted octanol–water partition coefficient (Wildman–Crippen LogP) is 1.15. The van der Waals surface area contributed by atoms with Gasteiger partial charge in [0, 0.05) is 13.5 Å². The fraction of sp³-hybridized carbons (Fsp3) is 0.750. The lowest BCUT2D eigenvalue weighted by atomic mass is 10.5. The van der Waals surface area contributed by atoms with Crippen LogP contribution in [-0.4, -0.2) is 13.8 Å². The van der Waals surface area contributed by atoms with Crippen LogP contribution >= 0.6 is 0 Å². The maximum Gasteiger partial charge on any atom is 0.0920 e. The summed E-state index contributed by atoms with van der Waals surface area (Å²) in [5.41, 5.74) is 0. The molecule has 0 atom stereocenters. The fourth-order valence-corrected chi connectivity index (χ4v) is 0.162. The molecule has 0 aromatic rings. The Morgan fingerprint density at radius 3 is 2.67 bits per heavy atom. The molecule has 0 saturated heterocycles. The van der Waals surface area contributed by atoms with Gasteiger partial charge in [-0.15, -0.1) is 0 Å². The van der Waals surface area contributed by atoms with Crippen LogP contribution in [0.25, 0.3) is 0 Å². The summed E-state index contributed by atoms with van der Waals surface area (Å²) in [4.78, 5) is 0. The molecule has 0 aliphatic carbocycles. The zero-order valence-corrected chi connectivity index (χ0v) is 3.78. The molecule has 0 spiro atoms. The monoisotopic (exact) mass is 91.1 g/mol. The highest BCUT2D eigenvalue weighted by molar-refractivity contribution is 4.44. The summed E-state index contributed by atoms with van der Waals surface area (Å²) in [6.45, 7) is 1.10. The summed E-state index contributed by atoms with van der Waals surface area (Å²) in [5.74, 6) is 0. The molecule has 0 amide bonds. The van der Waals surface area contributed by atoms with Gasteiger partial charge in [0.2, 0.25) is 0 Å². The number of hydrogen-bond donors (Lipinski definition) is 0. The molecule has 0 aromatic carbocycles. The van der Waals surface area contributed by atoms with Crippen molar-refractivity contribution >= 4 is 0 Å². The van der Waals surface area contributed by atoms with Crippen LogP contribution in [0.5, 0.6) is 0 Å². The molecule has 0 unspecified atom stereocenters. The third-order valence-corrected chi connectivity index (χ3v) is 0.394. The van der Waals surface area contributed by atoms with Crippen LogP contribution in [-0.2, 0) is 4.74 Å². The minimum absolute atomic E-state index is 0.326. The highest BCUT2D eigenvalue weighted by atomic mass is 19.1. The minimum Gasteiger partial charge on any atom is -0.379 e. The van der Waals surface area contributed by atoms with Gasteiger partial charge in [-0.1, -0.05) is 0 Å². The highest BCUT2D eigenvalue weighted by Crippen LogP contribution is 1.84. The van der Waals surface area contributed by atoms with E-state index in [0.29, 0.717) is 6.42 Å². The van der Waals surface area contributed by atoms with E-state index in [2.05, 4.69) is 4.74 Å². The maximum atomic E-state index is 11.1. The molecule has 37 valence electrons. The van der Waals surface area contributed by atoms with E-state index in [-0.39, 0.29) is 6.67 Å². The first-order valence-electron chi connectivity index (χ1n) is 1.82. The number of methoxy groups -OCH3 is 1. The summed E-state index contributed by atoms with van der Waals surface area (Å²) in [6, 6.07) is 0. The van der Waals surface area contributed by atoms with Gasteiger partial charge in [-0.3, -0.25) is 4.39 Å². The quantitative estimate of drug-likeness (QED) is 0.473. The molecule has 0 aliphatic rings. The SMILES string of the molecule is CO[CH]CCF. The van der Waals surface area contributed by atoms with Crippen molar-refractivity contribution in [1.82, 2.24) is 0 Å². The highest BCUT2D eigenvalue weighted by Gasteiger charge is 1.78. The van der Waals surface area contributed by atoms with Crippen LogP contribution in [0.3, 0.4) is 0 Å².